The van der Waals surface area contributed by atoms with Crippen molar-refractivity contribution >= 4 is 36.4 Å². The molecule has 1 amide bonds. The molecule has 172 valence electrons. The molecule has 1 fully saturated rings. The molecule has 2 aromatic rings. The summed E-state index contributed by atoms with van der Waals surface area (Å²) in [4.78, 5) is 17.9. The van der Waals surface area contributed by atoms with Gasteiger partial charge in [0.25, 0.3) is 0 Å². The van der Waals surface area contributed by atoms with Gasteiger partial charge in [0.1, 0.15) is 0 Å². The van der Waals surface area contributed by atoms with Gasteiger partial charge in [0, 0.05) is 36.9 Å². The smallest absolute Gasteiger partial charge is 0.227 e. The van der Waals surface area contributed by atoms with Crippen LogP contribution < -0.4 is 11.1 Å². The number of halogens is 2. The van der Waals surface area contributed by atoms with Gasteiger partial charge in [0.2, 0.25) is 5.91 Å². The number of ether oxygens (including phenoxy) is 1. The predicted octanol–water partition coefficient (Wildman–Crippen LogP) is 5.23. The predicted molar refractivity (Wildman–Crippen MR) is 132 cm³/mol. The molecule has 3 N–H and O–H groups in total. The summed E-state index contributed by atoms with van der Waals surface area (Å²) in [6.45, 7) is 10.1. The second kappa shape index (κ2) is 12.4. The van der Waals surface area contributed by atoms with E-state index >= 15 is 0 Å². The normalized spacial score (nSPS) is 14.0. The number of benzene rings is 1. The number of anilines is 1. The van der Waals surface area contributed by atoms with Crippen LogP contribution in [-0.4, -0.2) is 24.1 Å². The second-order valence-electron chi connectivity index (χ2n) is 8.42. The molecular weight excluding hydrogens is 433 g/mol. The zero-order valence-electron chi connectivity index (χ0n) is 18.9. The van der Waals surface area contributed by atoms with E-state index in [0.717, 1.165) is 53.0 Å². The minimum atomic E-state index is -0.0225. The summed E-state index contributed by atoms with van der Waals surface area (Å²) in [6.07, 6.45) is 2.38. The molecule has 3 rings (SSSR count). The Balaban J connectivity index is 0.00000240. The number of hydrogen-bond donors (Lipinski definition) is 2. The van der Waals surface area contributed by atoms with Crippen molar-refractivity contribution in [1.29, 1.82) is 0 Å². The molecular formula is C24H35Cl2N3O2. The zero-order chi connectivity index (χ0) is 21.0. The number of aryl methyl sites for hydroxylation is 2. The average molecular weight is 468 g/mol. The minimum Gasteiger partial charge on any atom is -0.381 e. The van der Waals surface area contributed by atoms with E-state index in [1.807, 2.05) is 6.92 Å². The molecule has 5 nitrogen and oxygen atoms in total. The number of nitrogens with one attached hydrogen (secondary N) is 1. The van der Waals surface area contributed by atoms with Crippen molar-refractivity contribution in [3.05, 3.63) is 46.8 Å². The largest absolute Gasteiger partial charge is 0.381 e. The van der Waals surface area contributed by atoms with Crippen molar-refractivity contribution in [1.82, 2.24) is 4.98 Å². The van der Waals surface area contributed by atoms with E-state index in [0.29, 0.717) is 25.7 Å². The summed E-state index contributed by atoms with van der Waals surface area (Å²) >= 11 is 0. The van der Waals surface area contributed by atoms with E-state index in [2.05, 4.69) is 50.4 Å². The van der Waals surface area contributed by atoms with Crippen molar-refractivity contribution < 1.29 is 9.53 Å². The van der Waals surface area contributed by atoms with Crippen molar-refractivity contribution in [3.63, 3.8) is 0 Å². The highest BCUT2D eigenvalue weighted by Crippen LogP contribution is 2.36. The van der Waals surface area contributed by atoms with E-state index in [-0.39, 0.29) is 36.6 Å². The minimum absolute atomic E-state index is 0. The van der Waals surface area contributed by atoms with Gasteiger partial charge in [-0.15, -0.1) is 24.8 Å². The first kappa shape index (κ1) is 27.4. The van der Waals surface area contributed by atoms with E-state index in [4.69, 9.17) is 15.5 Å². The molecule has 2 heterocycles. The standard InChI is InChI=1S/C24H33N3O2.2ClH/c1-15(2)13-21-20(14-25)22(18-7-5-16(3)6-8-18)23(17(4)26-21)27-24(28)19-9-11-29-12-10-19;;/h5-8,15,19H,9-14,25H2,1-4H3,(H,27,28);2*1H. The van der Waals surface area contributed by atoms with Crippen LogP contribution in [0.15, 0.2) is 24.3 Å². The quantitative estimate of drug-likeness (QED) is 0.609. The van der Waals surface area contributed by atoms with Gasteiger partial charge in [-0.05, 0) is 50.2 Å². The van der Waals surface area contributed by atoms with E-state index in [1.165, 1.54) is 5.56 Å². The molecule has 1 aromatic carbocycles. The molecule has 0 radical (unpaired) electrons. The summed E-state index contributed by atoms with van der Waals surface area (Å²) in [5.74, 6) is 0.498. The fourth-order valence-corrected chi connectivity index (χ4v) is 3.95. The summed E-state index contributed by atoms with van der Waals surface area (Å²) in [7, 11) is 0. The maximum absolute atomic E-state index is 13.0. The Morgan fingerprint density at radius 3 is 2.32 bits per heavy atom. The Kier molecular flexibility index (Phi) is 10.9. The van der Waals surface area contributed by atoms with Crippen LogP contribution in [0.3, 0.4) is 0 Å². The first-order valence-corrected chi connectivity index (χ1v) is 10.6. The van der Waals surface area contributed by atoms with Crippen molar-refractivity contribution in [2.75, 3.05) is 18.5 Å². The number of aromatic nitrogens is 1. The third-order valence-electron chi connectivity index (χ3n) is 5.55. The van der Waals surface area contributed by atoms with Gasteiger partial charge in [0.05, 0.1) is 11.4 Å². The number of carbonyl (C=O) groups excluding carboxylic acids is 1. The van der Waals surface area contributed by atoms with E-state index in [9.17, 15) is 4.79 Å². The monoisotopic (exact) mass is 467 g/mol. The first-order chi connectivity index (χ1) is 13.9. The summed E-state index contributed by atoms with van der Waals surface area (Å²) < 4.78 is 5.41. The van der Waals surface area contributed by atoms with Crippen LogP contribution in [0.5, 0.6) is 0 Å². The molecule has 1 aliphatic rings. The van der Waals surface area contributed by atoms with Gasteiger partial charge in [-0.25, -0.2) is 0 Å². The lowest BCUT2D eigenvalue weighted by Gasteiger charge is -2.25. The molecule has 7 heteroatoms. The van der Waals surface area contributed by atoms with E-state index < -0.39 is 0 Å². The number of hydrogen-bond acceptors (Lipinski definition) is 4. The Bertz CT molecular complexity index is 864. The SMILES string of the molecule is Cc1ccc(-c2c(CN)c(CC(C)C)nc(C)c2NC(=O)C2CCOCC2)cc1.Cl.Cl. The lowest BCUT2D eigenvalue weighted by Crippen LogP contribution is -2.29. The Morgan fingerprint density at radius 1 is 1.16 bits per heavy atom. The van der Waals surface area contributed by atoms with Crippen LogP contribution in [0.2, 0.25) is 0 Å². The number of carbonyl (C=O) groups is 1. The molecule has 0 spiro atoms. The highest BCUT2D eigenvalue weighted by atomic mass is 35.5. The third-order valence-corrected chi connectivity index (χ3v) is 5.55. The lowest BCUT2D eigenvalue weighted by atomic mass is 9.91. The van der Waals surface area contributed by atoms with Crippen molar-refractivity contribution in [3.8, 4) is 11.1 Å². The average Bonchev–Trinajstić information content (AvgIpc) is 2.70. The van der Waals surface area contributed by atoms with Crippen LogP contribution in [-0.2, 0) is 22.5 Å². The van der Waals surface area contributed by atoms with Crippen LogP contribution in [0, 0.1) is 25.7 Å². The highest BCUT2D eigenvalue weighted by Gasteiger charge is 2.25. The maximum atomic E-state index is 13.0. The first-order valence-electron chi connectivity index (χ1n) is 10.6. The molecule has 1 aromatic heterocycles. The Morgan fingerprint density at radius 2 is 1.77 bits per heavy atom. The van der Waals surface area contributed by atoms with Gasteiger partial charge in [-0.1, -0.05) is 43.7 Å². The van der Waals surface area contributed by atoms with Crippen LogP contribution in [0.4, 0.5) is 5.69 Å². The van der Waals surface area contributed by atoms with Gasteiger partial charge < -0.3 is 15.8 Å². The molecule has 0 unspecified atom stereocenters. The molecule has 1 saturated heterocycles. The van der Waals surface area contributed by atoms with Crippen LogP contribution in [0.1, 0.15) is 49.2 Å². The van der Waals surface area contributed by atoms with Gasteiger partial charge in [-0.3, -0.25) is 9.78 Å². The van der Waals surface area contributed by atoms with E-state index in [1.54, 1.807) is 0 Å². The number of nitrogens with two attached hydrogens (primary N) is 1. The Labute approximate surface area is 198 Å². The third kappa shape index (κ3) is 6.66. The molecule has 0 saturated carbocycles. The molecule has 0 aliphatic carbocycles. The number of rotatable bonds is 6. The Hall–Kier alpha value is -1.66. The fourth-order valence-electron chi connectivity index (χ4n) is 3.95. The highest BCUT2D eigenvalue weighted by molar-refractivity contribution is 5.98. The maximum Gasteiger partial charge on any atom is 0.227 e. The molecule has 1 aliphatic heterocycles. The van der Waals surface area contributed by atoms with Gasteiger partial charge in [0.15, 0.2) is 0 Å². The van der Waals surface area contributed by atoms with Crippen molar-refractivity contribution in [2.45, 2.75) is 53.5 Å². The molecule has 0 bridgehead atoms. The summed E-state index contributed by atoms with van der Waals surface area (Å²) in [5, 5.41) is 3.20. The number of amides is 1. The summed E-state index contributed by atoms with van der Waals surface area (Å²) in [5.41, 5.74) is 13.2. The molecule has 0 atom stereocenters. The zero-order valence-corrected chi connectivity index (χ0v) is 20.5. The topological polar surface area (TPSA) is 77.2 Å². The number of pyridine rings is 1. The van der Waals surface area contributed by atoms with Gasteiger partial charge in [-0.2, -0.15) is 0 Å². The lowest BCUT2D eigenvalue weighted by molar-refractivity contribution is -0.122. The molecule has 31 heavy (non-hydrogen) atoms. The number of nitrogens with zero attached hydrogens (tertiary/aromatic N) is 1. The summed E-state index contributed by atoms with van der Waals surface area (Å²) in [6, 6.07) is 8.40. The van der Waals surface area contributed by atoms with Crippen LogP contribution >= 0.6 is 24.8 Å². The van der Waals surface area contributed by atoms with Crippen molar-refractivity contribution in [2.24, 2.45) is 17.6 Å². The second-order valence-corrected chi connectivity index (χ2v) is 8.42. The van der Waals surface area contributed by atoms with Gasteiger partial charge >= 0.3 is 0 Å². The van der Waals surface area contributed by atoms with Crippen LogP contribution in [0.25, 0.3) is 11.1 Å². The fraction of sp³-hybridized carbons (Fsp3) is 0.500.